The molecular formula is C20H30N2O5. The Balaban J connectivity index is 2.21. The highest BCUT2D eigenvalue weighted by Gasteiger charge is 2.29. The Morgan fingerprint density at radius 1 is 1.30 bits per heavy atom. The zero-order valence-corrected chi connectivity index (χ0v) is 16.9. The third-order valence-electron chi connectivity index (χ3n) is 4.78. The topological polar surface area (TPSA) is 88.7 Å². The molecule has 0 aliphatic carbocycles. The maximum atomic E-state index is 13.0. The number of aryl methyl sites for hydroxylation is 1. The highest BCUT2D eigenvalue weighted by Crippen LogP contribution is 2.21. The van der Waals surface area contributed by atoms with Crippen molar-refractivity contribution < 1.29 is 23.9 Å². The standard InChI is InChI=1S/C20H30N2O5/c1-6-26-20(25)18-13(4)17(14(5)21-18)16(23)11-22(19(24)12(2)3)10-15-8-7-9-27-15/h12,15,21H,6-11H2,1-5H3. The van der Waals surface area contributed by atoms with Gasteiger partial charge in [-0.2, -0.15) is 0 Å². The SMILES string of the molecule is CCOC(=O)c1[nH]c(C)c(C(=O)CN(CC2CCCO2)C(=O)C(C)C)c1C. The summed E-state index contributed by atoms with van der Waals surface area (Å²) in [6.07, 6.45) is 1.84. The number of hydrogen-bond acceptors (Lipinski definition) is 5. The molecule has 1 aliphatic rings. The number of rotatable bonds is 8. The number of carbonyl (C=O) groups excluding carboxylic acids is 3. The van der Waals surface area contributed by atoms with E-state index in [2.05, 4.69) is 4.98 Å². The Kier molecular flexibility index (Phi) is 7.18. The summed E-state index contributed by atoms with van der Waals surface area (Å²) in [5.74, 6) is -0.951. The fourth-order valence-electron chi connectivity index (χ4n) is 3.46. The van der Waals surface area contributed by atoms with Crippen molar-refractivity contribution in [2.75, 3.05) is 26.3 Å². The third-order valence-corrected chi connectivity index (χ3v) is 4.78. The van der Waals surface area contributed by atoms with Crippen LogP contribution in [0.3, 0.4) is 0 Å². The van der Waals surface area contributed by atoms with E-state index in [0.717, 1.165) is 12.8 Å². The number of ether oxygens (including phenoxy) is 2. The zero-order chi connectivity index (χ0) is 20.1. The minimum atomic E-state index is -0.480. The minimum Gasteiger partial charge on any atom is -0.461 e. The zero-order valence-electron chi connectivity index (χ0n) is 16.9. The molecule has 7 nitrogen and oxygen atoms in total. The fraction of sp³-hybridized carbons (Fsp3) is 0.650. The van der Waals surface area contributed by atoms with Gasteiger partial charge in [-0.25, -0.2) is 4.79 Å². The van der Waals surface area contributed by atoms with Gasteiger partial charge in [-0.3, -0.25) is 9.59 Å². The predicted octanol–water partition coefficient (Wildman–Crippen LogP) is 2.65. The molecule has 1 aliphatic heterocycles. The van der Waals surface area contributed by atoms with Crippen LogP contribution in [0.5, 0.6) is 0 Å². The second-order valence-electron chi connectivity index (χ2n) is 7.28. The normalized spacial score (nSPS) is 16.6. The first-order valence-electron chi connectivity index (χ1n) is 9.56. The molecule has 1 unspecified atom stereocenters. The summed E-state index contributed by atoms with van der Waals surface area (Å²) < 4.78 is 10.7. The van der Waals surface area contributed by atoms with Crippen molar-refractivity contribution in [2.45, 2.75) is 53.6 Å². The number of esters is 1. The average Bonchev–Trinajstić information content (AvgIpc) is 3.21. The number of aromatic nitrogens is 1. The van der Waals surface area contributed by atoms with Crippen LogP contribution in [0.25, 0.3) is 0 Å². The minimum absolute atomic E-state index is 0.0241. The summed E-state index contributed by atoms with van der Waals surface area (Å²) in [4.78, 5) is 42.2. The molecular weight excluding hydrogens is 348 g/mol. The van der Waals surface area contributed by atoms with Gasteiger partial charge in [0, 0.05) is 30.3 Å². The Hall–Kier alpha value is -2.15. The molecule has 1 aromatic rings. The van der Waals surface area contributed by atoms with Crippen molar-refractivity contribution in [3.05, 3.63) is 22.5 Å². The Morgan fingerprint density at radius 3 is 2.56 bits per heavy atom. The lowest BCUT2D eigenvalue weighted by molar-refractivity contribution is -0.135. The van der Waals surface area contributed by atoms with Crippen molar-refractivity contribution in [1.29, 1.82) is 0 Å². The summed E-state index contributed by atoms with van der Waals surface area (Å²) >= 11 is 0. The fourth-order valence-corrected chi connectivity index (χ4v) is 3.46. The van der Waals surface area contributed by atoms with Crippen LogP contribution in [0.2, 0.25) is 0 Å². The smallest absolute Gasteiger partial charge is 0.355 e. The van der Waals surface area contributed by atoms with Crippen molar-refractivity contribution in [1.82, 2.24) is 9.88 Å². The van der Waals surface area contributed by atoms with Gasteiger partial charge in [0.25, 0.3) is 0 Å². The largest absolute Gasteiger partial charge is 0.461 e. The van der Waals surface area contributed by atoms with Crippen LogP contribution in [0.1, 0.15) is 65.7 Å². The van der Waals surface area contributed by atoms with Crippen LogP contribution >= 0.6 is 0 Å². The highest BCUT2D eigenvalue weighted by atomic mass is 16.5. The van der Waals surface area contributed by atoms with Crippen LogP contribution in [-0.2, 0) is 14.3 Å². The van der Waals surface area contributed by atoms with Crippen molar-refractivity contribution in [3.63, 3.8) is 0 Å². The van der Waals surface area contributed by atoms with Gasteiger partial charge in [-0.1, -0.05) is 13.8 Å². The molecule has 0 radical (unpaired) electrons. The van der Waals surface area contributed by atoms with Gasteiger partial charge in [0.2, 0.25) is 5.91 Å². The highest BCUT2D eigenvalue weighted by molar-refractivity contribution is 6.04. The molecule has 2 rings (SSSR count). The van der Waals surface area contributed by atoms with Gasteiger partial charge in [-0.05, 0) is 39.2 Å². The van der Waals surface area contributed by atoms with Gasteiger partial charge in [0.15, 0.2) is 5.78 Å². The lowest BCUT2D eigenvalue weighted by atomic mass is 10.0. The monoisotopic (exact) mass is 378 g/mol. The van der Waals surface area contributed by atoms with Crippen LogP contribution in [0.15, 0.2) is 0 Å². The number of nitrogens with zero attached hydrogens (tertiary/aromatic N) is 1. The number of carbonyl (C=O) groups is 3. The van der Waals surface area contributed by atoms with Gasteiger partial charge >= 0.3 is 5.97 Å². The first kappa shape index (κ1) is 21.2. The second kappa shape index (κ2) is 9.17. The summed E-state index contributed by atoms with van der Waals surface area (Å²) in [6, 6.07) is 0. The molecule has 0 saturated carbocycles. The van der Waals surface area contributed by atoms with Crippen LogP contribution in [0, 0.1) is 19.8 Å². The number of Topliss-reactive ketones (excluding diaryl/α,β-unsaturated/α-hetero) is 1. The molecule has 1 fully saturated rings. The van der Waals surface area contributed by atoms with Gasteiger partial charge in [0.1, 0.15) is 5.69 Å². The molecule has 150 valence electrons. The lowest BCUT2D eigenvalue weighted by Gasteiger charge is -2.26. The van der Waals surface area contributed by atoms with Crippen LogP contribution < -0.4 is 0 Å². The van der Waals surface area contributed by atoms with E-state index in [-0.39, 0.29) is 36.9 Å². The molecule has 1 N–H and O–H groups in total. The van der Waals surface area contributed by atoms with E-state index in [1.165, 1.54) is 0 Å². The molecule has 0 bridgehead atoms. The number of hydrogen-bond donors (Lipinski definition) is 1. The van der Waals surface area contributed by atoms with Crippen molar-refractivity contribution >= 4 is 17.7 Å². The number of ketones is 1. The Bertz CT molecular complexity index is 701. The molecule has 0 aromatic carbocycles. The third kappa shape index (κ3) is 4.97. The van der Waals surface area contributed by atoms with Gasteiger partial charge in [0.05, 0.1) is 19.3 Å². The molecule has 1 amide bonds. The van der Waals surface area contributed by atoms with E-state index in [1.807, 2.05) is 13.8 Å². The van der Waals surface area contributed by atoms with E-state index in [0.29, 0.717) is 35.7 Å². The van der Waals surface area contributed by atoms with Gasteiger partial charge < -0.3 is 19.4 Å². The Morgan fingerprint density at radius 2 is 2.00 bits per heavy atom. The van der Waals surface area contributed by atoms with E-state index in [1.54, 1.807) is 25.7 Å². The quantitative estimate of drug-likeness (QED) is 0.555. The number of aromatic amines is 1. The van der Waals surface area contributed by atoms with E-state index >= 15 is 0 Å². The van der Waals surface area contributed by atoms with Crippen LogP contribution in [-0.4, -0.2) is 60.0 Å². The molecule has 0 spiro atoms. The summed E-state index contributed by atoms with van der Waals surface area (Å²) in [7, 11) is 0. The summed E-state index contributed by atoms with van der Waals surface area (Å²) in [5, 5.41) is 0. The van der Waals surface area contributed by atoms with Crippen LogP contribution in [0.4, 0.5) is 0 Å². The first-order valence-corrected chi connectivity index (χ1v) is 9.56. The first-order chi connectivity index (χ1) is 12.8. The predicted molar refractivity (Wildman–Crippen MR) is 101 cm³/mol. The van der Waals surface area contributed by atoms with E-state index in [9.17, 15) is 14.4 Å². The molecule has 7 heteroatoms. The van der Waals surface area contributed by atoms with Crippen molar-refractivity contribution in [2.24, 2.45) is 5.92 Å². The molecule has 1 atom stereocenters. The number of amides is 1. The molecule has 1 aromatic heterocycles. The number of H-pyrrole nitrogens is 1. The molecule has 2 heterocycles. The van der Waals surface area contributed by atoms with E-state index in [4.69, 9.17) is 9.47 Å². The maximum Gasteiger partial charge on any atom is 0.355 e. The maximum absolute atomic E-state index is 13.0. The molecule has 27 heavy (non-hydrogen) atoms. The molecule has 1 saturated heterocycles. The van der Waals surface area contributed by atoms with Crippen molar-refractivity contribution in [3.8, 4) is 0 Å². The van der Waals surface area contributed by atoms with Gasteiger partial charge in [-0.15, -0.1) is 0 Å². The lowest BCUT2D eigenvalue weighted by Crippen LogP contribution is -2.42. The number of nitrogens with one attached hydrogen (secondary N) is 1. The van der Waals surface area contributed by atoms with E-state index < -0.39 is 5.97 Å². The Labute approximate surface area is 160 Å². The summed E-state index contributed by atoms with van der Waals surface area (Å²) in [6.45, 7) is 10.2. The second-order valence-corrected chi connectivity index (χ2v) is 7.28. The average molecular weight is 378 g/mol. The summed E-state index contributed by atoms with van der Waals surface area (Å²) in [5.41, 5.74) is 1.91.